The topological polar surface area (TPSA) is 101 Å². The first-order chi connectivity index (χ1) is 15.3. The van der Waals surface area contributed by atoms with E-state index in [1.54, 1.807) is 6.07 Å². The van der Waals surface area contributed by atoms with Crippen LogP contribution >= 0.6 is 11.6 Å². The van der Waals surface area contributed by atoms with E-state index >= 15 is 0 Å². The smallest absolute Gasteiger partial charge is 0.272 e. The summed E-state index contributed by atoms with van der Waals surface area (Å²) in [6.07, 6.45) is 2.80. The number of nitro benzene ring substituents is 1. The summed E-state index contributed by atoms with van der Waals surface area (Å²) in [5.74, 6) is -2.64. The third-order valence-corrected chi connectivity index (χ3v) is 6.13. The van der Waals surface area contributed by atoms with Gasteiger partial charge in [0.15, 0.2) is 0 Å². The summed E-state index contributed by atoms with van der Waals surface area (Å²) < 4.78 is 0. The van der Waals surface area contributed by atoms with Gasteiger partial charge in [-0.25, -0.2) is 5.01 Å². The van der Waals surface area contributed by atoms with Crippen molar-refractivity contribution in [1.29, 1.82) is 0 Å². The van der Waals surface area contributed by atoms with Crippen LogP contribution in [0, 0.1) is 22.0 Å². The molecule has 0 spiro atoms. The Kier molecular flexibility index (Phi) is 5.80. The van der Waals surface area contributed by atoms with E-state index in [9.17, 15) is 24.5 Å². The summed E-state index contributed by atoms with van der Waals surface area (Å²) in [5, 5.41) is 13.8. The number of amides is 3. The largest absolute Gasteiger partial charge is 0.274 e. The van der Waals surface area contributed by atoms with Crippen molar-refractivity contribution in [3.8, 4) is 0 Å². The molecule has 2 atom stereocenters. The number of hydrogen-bond acceptors (Lipinski definition) is 5. The lowest BCUT2D eigenvalue weighted by atomic mass is 9.82. The molecule has 0 radical (unpaired) electrons. The van der Waals surface area contributed by atoms with Gasteiger partial charge in [-0.15, -0.1) is 0 Å². The van der Waals surface area contributed by atoms with Gasteiger partial charge in [-0.05, 0) is 44.0 Å². The summed E-state index contributed by atoms with van der Waals surface area (Å²) in [4.78, 5) is 50.9. The number of allylic oxidation sites excluding steroid dienone is 2. The maximum atomic E-state index is 13.4. The van der Waals surface area contributed by atoms with E-state index in [1.165, 1.54) is 42.5 Å². The highest BCUT2D eigenvalue weighted by atomic mass is 35.5. The van der Waals surface area contributed by atoms with Crippen molar-refractivity contribution >= 4 is 35.0 Å². The molecule has 0 N–H and O–H groups in total. The highest BCUT2D eigenvalue weighted by Crippen LogP contribution is 2.39. The molecule has 8 nitrogen and oxygen atoms in total. The minimum absolute atomic E-state index is 0.199. The number of benzene rings is 2. The molecule has 1 fully saturated rings. The first-order valence-corrected chi connectivity index (χ1v) is 10.5. The van der Waals surface area contributed by atoms with Gasteiger partial charge < -0.3 is 0 Å². The molecule has 3 amide bonds. The van der Waals surface area contributed by atoms with Crippen molar-refractivity contribution in [2.24, 2.45) is 11.8 Å². The molecule has 1 heterocycles. The number of halogens is 1. The number of carbonyl (C=O) groups excluding carboxylic acids is 3. The van der Waals surface area contributed by atoms with Crippen LogP contribution in [0.5, 0.6) is 0 Å². The molecule has 32 heavy (non-hydrogen) atoms. The van der Waals surface area contributed by atoms with Crippen molar-refractivity contribution < 1.29 is 19.3 Å². The minimum Gasteiger partial charge on any atom is -0.272 e. The Morgan fingerprint density at radius 1 is 1.12 bits per heavy atom. The first-order valence-electron chi connectivity index (χ1n) is 10.1. The molecule has 4 rings (SSSR count). The summed E-state index contributed by atoms with van der Waals surface area (Å²) >= 11 is 5.93. The summed E-state index contributed by atoms with van der Waals surface area (Å²) in [6.45, 7) is 1.60. The number of hydrogen-bond donors (Lipinski definition) is 0. The Balaban J connectivity index is 1.75. The van der Waals surface area contributed by atoms with Gasteiger partial charge in [-0.2, -0.15) is 5.01 Å². The van der Waals surface area contributed by atoms with Gasteiger partial charge in [-0.3, -0.25) is 24.5 Å². The third kappa shape index (κ3) is 3.89. The zero-order valence-corrected chi connectivity index (χ0v) is 18.0. The lowest BCUT2D eigenvalue weighted by Crippen LogP contribution is -2.49. The second-order valence-corrected chi connectivity index (χ2v) is 8.38. The molecule has 0 bridgehead atoms. The molecule has 1 aliphatic carbocycles. The fourth-order valence-electron chi connectivity index (χ4n) is 4.22. The lowest BCUT2D eigenvalue weighted by molar-refractivity contribution is -0.385. The first kappa shape index (κ1) is 21.7. The summed E-state index contributed by atoms with van der Waals surface area (Å²) in [6, 6.07) is 12.0. The normalized spacial score (nSPS) is 20.1. The highest BCUT2D eigenvalue weighted by Gasteiger charge is 2.51. The Hall–Kier alpha value is -3.52. The third-order valence-electron chi connectivity index (χ3n) is 5.88. The van der Waals surface area contributed by atoms with Gasteiger partial charge in [0.05, 0.1) is 28.9 Å². The predicted molar refractivity (Wildman–Crippen MR) is 116 cm³/mol. The SMILES string of the molecule is CC1=CC[C@@H]2C(=O)N(N(Cc3ccccc3[N+](=O)[O-])C(=O)c3ccc(Cl)cc3)C(=O)[C@H]2C1. The van der Waals surface area contributed by atoms with Gasteiger partial charge in [0.25, 0.3) is 23.4 Å². The summed E-state index contributed by atoms with van der Waals surface area (Å²) in [5.41, 5.74) is 1.24. The number of imide groups is 1. The number of fused-ring (bicyclic) bond motifs is 1. The van der Waals surface area contributed by atoms with Crippen LogP contribution in [-0.4, -0.2) is 32.7 Å². The maximum absolute atomic E-state index is 13.4. The number of nitrogens with zero attached hydrogens (tertiary/aromatic N) is 3. The number of hydrazine groups is 1. The predicted octanol–water partition coefficient (Wildman–Crippen LogP) is 4.15. The van der Waals surface area contributed by atoms with Crippen LogP contribution in [-0.2, 0) is 16.1 Å². The lowest BCUT2D eigenvalue weighted by Gasteiger charge is -2.30. The molecular weight excluding hydrogens is 434 g/mol. The van der Waals surface area contributed by atoms with Crippen LogP contribution in [0.25, 0.3) is 0 Å². The van der Waals surface area contributed by atoms with Crippen molar-refractivity contribution in [3.05, 3.63) is 86.4 Å². The molecular formula is C23H20ClN3O5. The van der Waals surface area contributed by atoms with Crippen molar-refractivity contribution in [1.82, 2.24) is 10.0 Å². The Morgan fingerprint density at radius 3 is 2.47 bits per heavy atom. The van der Waals surface area contributed by atoms with E-state index in [2.05, 4.69) is 0 Å². The van der Waals surface area contributed by atoms with E-state index < -0.39 is 34.5 Å². The van der Waals surface area contributed by atoms with Crippen molar-refractivity contribution in [2.45, 2.75) is 26.3 Å². The Morgan fingerprint density at radius 2 is 1.78 bits per heavy atom. The van der Waals surface area contributed by atoms with Crippen molar-refractivity contribution in [2.75, 3.05) is 0 Å². The monoisotopic (exact) mass is 453 g/mol. The van der Waals surface area contributed by atoms with E-state index in [0.717, 1.165) is 15.6 Å². The average molecular weight is 454 g/mol. The summed E-state index contributed by atoms with van der Waals surface area (Å²) in [7, 11) is 0. The minimum atomic E-state index is -0.621. The number of para-hydroxylation sites is 1. The molecule has 2 aromatic carbocycles. The molecule has 2 aliphatic rings. The van der Waals surface area contributed by atoms with Gasteiger partial charge >= 0.3 is 0 Å². The van der Waals surface area contributed by atoms with Crippen LogP contribution in [0.4, 0.5) is 5.69 Å². The second-order valence-electron chi connectivity index (χ2n) is 7.95. The maximum Gasteiger partial charge on any atom is 0.274 e. The zero-order chi connectivity index (χ0) is 23.0. The van der Waals surface area contributed by atoms with E-state index in [-0.39, 0.29) is 23.4 Å². The number of nitro groups is 1. The molecule has 1 saturated heterocycles. The van der Waals surface area contributed by atoms with Crippen LogP contribution < -0.4 is 0 Å². The fourth-order valence-corrected chi connectivity index (χ4v) is 4.34. The van der Waals surface area contributed by atoms with Crippen LogP contribution in [0.15, 0.2) is 60.2 Å². The van der Waals surface area contributed by atoms with E-state index in [4.69, 9.17) is 11.6 Å². The quantitative estimate of drug-likeness (QED) is 0.293. The molecule has 0 unspecified atom stereocenters. The Bertz CT molecular complexity index is 1140. The molecule has 9 heteroatoms. The van der Waals surface area contributed by atoms with Gasteiger partial charge in [0.1, 0.15) is 0 Å². The molecule has 2 aromatic rings. The van der Waals surface area contributed by atoms with Crippen LogP contribution in [0.3, 0.4) is 0 Å². The average Bonchev–Trinajstić information content (AvgIpc) is 3.01. The fraction of sp³-hybridized carbons (Fsp3) is 0.261. The molecule has 0 saturated carbocycles. The standard InChI is InChI=1S/C23H20ClN3O5/c1-14-6-11-18-19(12-14)23(30)26(22(18)29)25(21(28)15-7-9-17(24)10-8-15)13-16-4-2-3-5-20(16)27(31)32/h2-10,18-19H,11-13H2,1H3/t18-,19-/m0/s1. The van der Waals surface area contributed by atoms with Gasteiger partial charge in [0, 0.05) is 16.7 Å². The molecule has 0 aromatic heterocycles. The molecule has 164 valence electrons. The van der Waals surface area contributed by atoms with E-state index in [0.29, 0.717) is 17.9 Å². The van der Waals surface area contributed by atoms with Crippen LogP contribution in [0.2, 0.25) is 5.02 Å². The van der Waals surface area contributed by atoms with Crippen LogP contribution in [0.1, 0.15) is 35.7 Å². The van der Waals surface area contributed by atoms with E-state index in [1.807, 2.05) is 13.0 Å². The Labute approximate surface area is 189 Å². The number of rotatable bonds is 5. The molecule has 1 aliphatic heterocycles. The van der Waals surface area contributed by atoms with Gasteiger partial charge in [-0.1, -0.05) is 41.4 Å². The zero-order valence-electron chi connectivity index (χ0n) is 17.2. The van der Waals surface area contributed by atoms with Crippen molar-refractivity contribution in [3.63, 3.8) is 0 Å². The highest BCUT2D eigenvalue weighted by molar-refractivity contribution is 6.30. The second kappa shape index (κ2) is 8.55. The van der Waals surface area contributed by atoms with Gasteiger partial charge in [0.2, 0.25) is 0 Å². The number of carbonyl (C=O) groups is 3.